The van der Waals surface area contributed by atoms with Crippen LogP contribution < -0.4 is 5.11 Å². The average molecular weight is 247 g/mol. The van der Waals surface area contributed by atoms with Crippen molar-refractivity contribution in [1.29, 1.82) is 0 Å². The molecule has 1 fully saturated rings. The predicted octanol–water partition coefficient (Wildman–Crippen LogP) is -0.0175. The van der Waals surface area contributed by atoms with E-state index >= 15 is 0 Å². The van der Waals surface area contributed by atoms with Gasteiger partial charge in [-0.2, -0.15) is 0 Å². The van der Waals surface area contributed by atoms with Crippen LogP contribution in [-0.4, -0.2) is 41.4 Å². The Kier molecular flexibility index (Phi) is 3.50. The van der Waals surface area contributed by atoms with Gasteiger partial charge in [-0.1, -0.05) is 24.3 Å². The van der Waals surface area contributed by atoms with E-state index in [4.69, 9.17) is 0 Å². The lowest BCUT2D eigenvalue weighted by molar-refractivity contribution is -0.305. The van der Waals surface area contributed by atoms with Gasteiger partial charge in [-0.25, -0.2) is 4.79 Å². The number of carbonyl (C=O) groups is 2. The molecule has 2 amide bonds. The molecule has 0 aromatic heterocycles. The van der Waals surface area contributed by atoms with Gasteiger partial charge in [-0.05, 0) is 18.1 Å². The summed E-state index contributed by atoms with van der Waals surface area (Å²) in [6.45, 7) is 3.19. The van der Waals surface area contributed by atoms with Gasteiger partial charge in [0.05, 0.1) is 12.5 Å². The Balaban J connectivity index is 2.02. The first-order valence-corrected chi connectivity index (χ1v) is 5.86. The number of aryl methyl sites for hydroxylation is 1. The quantitative estimate of drug-likeness (QED) is 0.751. The van der Waals surface area contributed by atoms with Crippen molar-refractivity contribution < 1.29 is 14.7 Å². The first-order valence-electron chi connectivity index (χ1n) is 5.86. The molecule has 18 heavy (non-hydrogen) atoms. The Hall–Kier alpha value is -2.04. The fourth-order valence-corrected chi connectivity index (χ4v) is 2.08. The van der Waals surface area contributed by atoms with Crippen LogP contribution in [0.4, 0.5) is 4.79 Å². The molecule has 1 saturated heterocycles. The van der Waals surface area contributed by atoms with Crippen molar-refractivity contribution in [3.8, 4) is 0 Å². The third-order valence-corrected chi connectivity index (χ3v) is 3.12. The van der Waals surface area contributed by atoms with Gasteiger partial charge in [0, 0.05) is 19.6 Å². The van der Waals surface area contributed by atoms with E-state index in [1.807, 2.05) is 31.2 Å². The lowest BCUT2D eigenvalue weighted by Gasteiger charge is -2.19. The molecule has 0 spiro atoms. The zero-order valence-electron chi connectivity index (χ0n) is 10.3. The highest BCUT2D eigenvalue weighted by atomic mass is 16.4. The first kappa shape index (κ1) is 12.4. The average Bonchev–Trinajstić information content (AvgIpc) is 2.64. The molecule has 5 nitrogen and oxygen atoms in total. The summed E-state index contributed by atoms with van der Waals surface area (Å²) in [5.74, 6) is -1.22. The van der Waals surface area contributed by atoms with E-state index in [2.05, 4.69) is 0 Å². The number of amides is 2. The van der Waals surface area contributed by atoms with Crippen molar-refractivity contribution in [3.63, 3.8) is 0 Å². The maximum Gasteiger partial charge on any atom is 0.320 e. The topological polar surface area (TPSA) is 63.7 Å². The van der Waals surface area contributed by atoms with Gasteiger partial charge < -0.3 is 19.7 Å². The van der Waals surface area contributed by atoms with Gasteiger partial charge in [-0.15, -0.1) is 0 Å². The molecular weight excluding hydrogens is 232 g/mol. The molecule has 0 atom stereocenters. The molecule has 2 rings (SSSR count). The van der Waals surface area contributed by atoms with Crippen LogP contribution in [0.5, 0.6) is 0 Å². The molecule has 0 N–H and O–H groups in total. The van der Waals surface area contributed by atoms with E-state index in [0.717, 1.165) is 11.1 Å². The number of rotatable bonds is 4. The smallest absolute Gasteiger partial charge is 0.320 e. The van der Waals surface area contributed by atoms with Gasteiger partial charge in [0.15, 0.2) is 0 Å². The summed E-state index contributed by atoms with van der Waals surface area (Å²) in [6.07, 6.45) is 0. The minimum atomic E-state index is -1.22. The molecule has 1 aliphatic rings. The normalized spacial score (nSPS) is 15.3. The molecule has 1 aliphatic heterocycles. The Morgan fingerprint density at radius 3 is 2.61 bits per heavy atom. The number of carboxylic acid groups (broad SMARTS) is 1. The van der Waals surface area contributed by atoms with E-state index in [1.54, 1.807) is 4.90 Å². The molecule has 0 saturated carbocycles. The Morgan fingerprint density at radius 1 is 1.28 bits per heavy atom. The Morgan fingerprint density at radius 2 is 1.94 bits per heavy atom. The van der Waals surface area contributed by atoms with Crippen LogP contribution in [0.3, 0.4) is 0 Å². The molecular formula is C13H15N2O3-. The van der Waals surface area contributed by atoms with E-state index < -0.39 is 5.97 Å². The number of urea groups is 1. The number of carboxylic acids is 1. The highest BCUT2D eigenvalue weighted by molar-refractivity contribution is 5.81. The van der Waals surface area contributed by atoms with Crippen molar-refractivity contribution in [1.82, 2.24) is 9.80 Å². The summed E-state index contributed by atoms with van der Waals surface area (Å²) in [4.78, 5) is 25.4. The van der Waals surface area contributed by atoms with E-state index in [0.29, 0.717) is 19.6 Å². The summed E-state index contributed by atoms with van der Waals surface area (Å²) in [7, 11) is 0. The van der Waals surface area contributed by atoms with Gasteiger partial charge >= 0.3 is 6.03 Å². The van der Waals surface area contributed by atoms with Gasteiger partial charge in [0.1, 0.15) is 0 Å². The minimum absolute atomic E-state index is 0.234. The molecule has 1 heterocycles. The van der Waals surface area contributed by atoms with Crippen molar-refractivity contribution in [2.24, 2.45) is 0 Å². The number of nitrogens with zero attached hydrogens (tertiary/aromatic N) is 2. The summed E-state index contributed by atoms with van der Waals surface area (Å²) in [6, 6.07) is 7.62. The van der Waals surface area contributed by atoms with Gasteiger partial charge in [0.2, 0.25) is 0 Å². The van der Waals surface area contributed by atoms with Gasteiger partial charge in [-0.3, -0.25) is 0 Å². The largest absolute Gasteiger partial charge is 0.548 e. The summed E-state index contributed by atoms with van der Waals surface area (Å²) in [5.41, 5.74) is 2.21. The maximum absolute atomic E-state index is 11.9. The highest BCUT2D eigenvalue weighted by Crippen LogP contribution is 2.15. The van der Waals surface area contributed by atoms with Crippen LogP contribution in [0, 0.1) is 6.92 Å². The monoisotopic (exact) mass is 247 g/mol. The number of carbonyl (C=O) groups excluding carboxylic acids is 2. The molecule has 0 aliphatic carbocycles. The Bertz CT molecular complexity index is 473. The molecule has 96 valence electrons. The van der Waals surface area contributed by atoms with E-state index in [-0.39, 0.29) is 12.6 Å². The fraction of sp³-hybridized carbons (Fsp3) is 0.385. The minimum Gasteiger partial charge on any atom is -0.548 e. The zero-order valence-corrected chi connectivity index (χ0v) is 10.3. The fourth-order valence-electron chi connectivity index (χ4n) is 2.08. The first-order chi connectivity index (χ1) is 8.58. The highest BCUT2D eigenvalue weighted by Gasteiger charge is 2.28. The Labute approximate surface area is 106 Å². The lowest BCUT2D eigenvalue weighted by Crippen LogP contribution is -2.40. The lowest BCUT2D eigenvalue weighted by atomic mass is 10.1. The van der Waals surface area contributed by atoms with Crippen LogP contribution in [0.1, 0.15) is 11.1 Å². The zero-order chi connectivity index (χ0) is 13.1. The molecule has 0 radical (unpaired) electrons. The number of hydrogen-bond acceptors (Lipinski definition) is 3. The molecule has 0 bridgehead atoms. The number of hydrogen-bond donors (Lipinski definition) is 0. The van der Waals surface area contributed by atoms with Crippen molar-refractivity contribution in [2.45, 2.75) is 13.5 Å². The summed E-state index contributed by atoms with van der Waals surface area (Å²) < 4.78 is 0. The van der Waals surface area contributed by atoms with E-state index in [1.165, 1.54) is 4.90 Å². The molecule has 1 aromatic carbocycles. The SMILES string of the molecule is Cc1ccccc1CN1CCN(CC(=O)[O-])C1=O. The van der Waals surface area contributed by atoms with Crippen LogP contribution in [0.15, 0.2) is 24.3 Å². The third-order valence-electron chi connectivity index (χ3n) is 3.12. The predicted molar refractivity (Wildman–Crippen MR) is 63.6 cm³/mol. The van der Waals surface area contributed by atoms with Gasteiger partial charge in [0.25, 0.3) is 0 Å². The second kappa shape index (κ2) is 5.08. The van der Waals surface area contributed by atoms with Crippen LogP contribution in [0.25, 0.3) is 0 Å². The van der Waals surface area contributed by atoms with Crippen LogP contribution in [0.2, 0.25) is 0 Å². The third kappa shape index (κ3) is 2.61. The van der Waals surface area contributed by atoms with Crippen molar-refractivity contribution >= 4 is 12.0 Å². The maximum atomic E-state index is 11.9. The summed E-state index contributed by atoms with van der Waals surface area (Å²) in [5, 5.41) is 10.5. The van der Waals surface area contributed by atoms with Crippen LogP contribution in [-0.2, 0) is 11.3 Å². The number of benzene rings is 1. The van der Waals surface area contributed by atoms with E-state index in [9.17, 15) is 14.7 Å². The number of aliphatic carboxylic acids is 1. The van der Waals surface area contributed by atoms with Crippen LogP contribution >= 0.6 is 0 Å². The molecule has 0 unspecified atom stereocenters. The second-order valence-electron chi connectivity index (χ2n) is 4.42. The van der Waals surface area contributed by atoms with Crippen molar-refractivity contribution in [3.05, 3.63) is 35.4 Å². The summed E-state index contributed by atoms with van der Waals surface area (Å²) >= 11 is 0. The molecule has 5 heteroatoms. The van der Waals surface area contributed by atoms with Crippen molar-refractivity contribution in [2.75, 3.05) is 19.6 Å². The molecule has 1 aromatic rings. The standard InChI is InChI=1S/C13H16N2O3/c1-10-4-2-3-5-11(10)8-14-6-7-15(13(14)18)9-12(16)17/h2-5H,6-9H2,1H3,(H,16,17)/p-1. The second-order valence-corrected chi connectivity index (χ2v) is 4.42.